The highest BCUT2D eigenvalue weighted by Gasteiger charge is 2.17. The molecule has 0 aromatic heterocycles. The van der Waals surface area contributed by atoms with Gasteiger partial charge in [0.15, 0.2) is 0 Å². The normalized spacial score (nSPS) is 13.2. The third-order valence-electron chi connectivity index (χ3n) is 5.62. The second kappa shape index (κ2) is 9.05. The second-order valence-corrected chi connectivity index (χ2v) is 8.21. The third kappa shape index (κ3) is 4.57. The van der Waals surface area contributed by atoms with Crippen molar-refractivity contribution in [2.75, 3.05) is 6.54 Å². The Balaban J connectivity index is 1.78. The zero-order valence-corrected chi connectivity index (χ0v) is 18.0. The molecule has 29 heavy (non-hydrogen) atoms. The predicted octanol–water partition coefficient (Wildman–Crippen LogP) is 6.63. The lowest BCUT2D eigenvalue weighted by Gasteiger charge is -2.12. The van der Waals surface area contributed by atoms with Crippen molar-refractivity contribution < 1.29 is 0 Å². The molecule has 0 aliphatic heterocycles. The molecule has 0 heterocycles. The molecule has 1 aliphatic rings. The molecule has 0 fully saturated rings. The quantitative estimate of drug-likeness (QED) is 0.495. The summed E-state index contributed by atoms with van der Waals surface area (Å²) in [5.41, 5.74) is 10.3. The van der Waals surface area contributed by atoms with E-state index in [1.807, 2.05) is 6.07 Å². The number of rotatable bonds is 7. The van der Waals surface area contributed by atoms with E-state index < -0.39 is 0 Å². The van der Waals surface area contributed by atoms with E-state index in [1.165, 1.54) is 22.3 Å². The minimum absolute atomic E-state index is 0.527. The van der Waals surface area contributed by atoms with Crippen LogP contribution in [0.15, 0.2) is 54.0 Å². The topological polar surface area (TPSA) is 36.1 Å². The summed E-state index contributed by atoms with van der Waals surface area (Å²) >= 11 is 0. The van der Waals surface area contributed by atoms with Gasteiger partial charge in [0.1, 0.15) is 0 Å². The van der Waals surface area contributed by atoms with Gasteiger partial charge in [-0.1, -0.05) is 63.8 Å². The fraction of sp³-hybridized carbons (Fsp3) is 0.333. The van der Waals surface area contributed by atoms with E-state index in [-0.39, 0.29) is 0 Å². The monoisotopic (exact) mass is 382 g/mol. The molecule has 148 valence electrons. The lowest BCUT2D eigenvalue weighted by molar-refractivity contribution is 0.646. The SMILES string of the molecule is C=C(CN=C(C)c1cccc2c1CC=C2CC)c1ccc(CC(C)C)c(C#N)c1. The number of allylic oxidation sites excluding steroid dienone is 2. The van der Waals surface area contributed by atoms with Gasteiger partial charge in [0, 0.05) is 5.71 Å². The van der Waals surface area contributed by atoms with Crippen LogP contribution in [0.5, 0.6) is 0 Å². The summed E-state index contributed by atoms with van der Waals surface area (Å²) in [6.07, 6.45) is 5.31. The van der Waals surface area contributed by atoms with Crippen LogP contribution in [-0.4, -0.2) is 12.3 Å². The second-order valence-electron chi connectivity index (χ2n) is 8.21. The molecule has 1 aliphatic carbocycles. The maximum absolute atomic E-state index is 9.52. The van der Waals surface area contributed by atoms with E-state index in [2.05, 4.69) is 76.8 Å². The first kappa shape index (κ1) is 20.8. The van der Waals surface area contributed by atoms with Crippen molar-refractivity contribution in [3.8, 4) is 6.07 Å². The van der Waals surface area contributed by atoms with E-state index in [4.69, 9.17) is 4.99 Å². The molecule has 3 rings (SSSR count). The first-order valence-electron chi connectivity index (χ1n) is 10.5. The number of nitriles is 1. The summed E-state index contributed by atoms with van der Waals surface area (Å²) in [7, 11) is 0. The van der Waals surface area contributed by atoms with Crippen LogP contribution < -0.4 is 0 Å². The molecule has 2 nitrogen and oxygen atoms in total. The number of nitrogens with zero attached hydrogens (tertiary/aromatic N) is 2. The maximum Gasteiger partial charge on any atom is 0.0994 e. The molecule has 2 aromatic rings. The van der Waals surface area contributed by atoms with E-state index in [9.17, 15) is 5.26 Å². The van der Waals surface area contributed by atoms with Crippen molar-refractivity contribution in [1.29, 1.82) is 5.26 Å². The highest BCUT2D eigenvalue weighted by atomic mass is 14.7. The lowest BCUT2D eigenvalue weighted by atomic mass is 9.95. The van der Waals surface area contributed by atoms with Crippen molar-refractivity contribution in [1.82, 2.24) is 0 Å². The molecule has 0 atom stereocenters. The summed E-state index contributed by atoms with van der Waals surface area (Å²) in [6.45, 7) is 13.4. The van der Waals surface area contributed by atoms with E-state index >= 15 is 0 Å². The lowest BCUT2D eigenvalue weighted by Crippen LogP contribution is -2.03. The largest absolute Gasteiger partial charge is 0.285 e. The molecule has 0 unspecified atom stereocenters. The van der Waals surface area contributed by atoms with Gasteiger partial charge in [0.05, 0.1) is 18.2 Å². The third-order valence-corrected chi connectivity index (χ3v) is 5.62. The van der Waals surface area contributed by atoms with Gasteiger partial charge in [-0.05, 0) is 77.1 Å². The molecule has 2 heteroatoms. The van der Waals surface area contributed by atoms with Gasteiger partial charge in [0.2, 0.25) is 0 Å². The first-order valence-corrected chi connectivity index (χ1v) is 10.5. The van der Waals surface area contributed by atoms with Crippen molar-refractivity contribution in [2.24, 2.45) is 10.9 Å². The number of fused-ring (bicyclic) bond motifs is 1. The highest BCUT2D eigenvalue weighted by molar-refractivity contribution is 6.02. The van der Waals surface area contributed by atoms with Crippen molar-refractivity contribution >= 4 is 16.9 Å². The first-order chi connectivity index (χ1) is 13.9. The Hall–Kier alpha value is -2.92. The molecule has 0 saturated heterocycles. The van der Waals surface area contributed by atoms with E-state index in [0.29, 0.717) is 12.5 Å². The van der Waals surface area contributed by atoms with Gasteiger partial charge >= 0.3 is 0 Å². The molecular weight excluding hydrogens is 352 g/mol. The Morgan fingerprint density at radius 3 is 2.72 bits per heavy atom. The number of aliphatic imine (C=N–C) groups is 1. The van der Waals surface area contributed by atoms with Gasteiger partial charge in [0.25, 0.3) is 0 Å². The van der Waals surface area contributed by atoms with Crippen LogP contribution in [0.4, 0.5) is 0 Å². The molecule has 0 amide bonds. The average Bonchev–Trinajstić information content (AvgIpc) is 3.14. The minimum Gasteiger partial charge on any atom is -0.285 e. The average molecular weight is 383 g/mol. The Labute approximate surface area is 175 Å². The predicted molar refractivity (Wildman–Crippen MR) is 124 cm³/mol. The van der Waals surface area contributed by atoms with Crippen LogP contribution >= 0.6 is 0 Å². The fourth-order valence-electron chi connectivity index (χ4n) is 4.03. The maximum atomic E-state index is 9.52. The van der Waals surface area contributed by atoms with Gasteiger partial charge in [-0.2, -0.15) is 5.26 Å². The van der Waals surface area contributed by atoms with Crippen molar-refractivity contribution in [2.45, 2.75) is 47.0 Å². The molecule has 0 saturated carbocycles. The number of hydrogen-bond donors (Lipinski definition) is 0. The van der Waals surface area contributed by atoms with Crippen molar-refractivity contribution in [3.63, 3.8) is 0 Å². The molecule has 0 bridgehead atoms. The standard InChI is InChI=1S/C27H30N2/c1-6-21-12-13-27-25(8-7-9-26(21)27)20(5)29-17-19(4)22-10-11-23(14-18(2)3)24(15-22)16-28/h7-12,15,18H,4,6,13-14,17H2,1-3,5H3. The number of benzene rings is 2. The van der Waals surface area contributed by atoms with Gasteiger partial charge < -0.3 is 0 Å². The fourth-order valence-corrected chi connectivity index (χ4v) is 4.03. The summed E-state index contributed by atoms with van der Waals surface area (Å²) in [5, 5.41) is 9.52. The molecule has 0 spiro atoms. The number of hydrogen-bond acceptors (Lipinski definition) is 2. The Kier molecular flexibility index (Phi) is 6.49. The van der Waals surface area contributed by atoms with Crippen LogP contribution in [-0.2, 0) is 12.8 Å². The van der Waals surface area contributed by atoms with E-state index in [0.717, 1.165) is 47.2 Å². The summed E-state index contributed by atoms with van der Waals surface area (Å²) in [4.78, 5) is 4.84. The smallest absolute Gasteiger partial charge is 0.0994 e. The summed E-state index contributed by atoms with van der Waals surface area (Å²) < 4.78 is 0. The molecule has 2 aromatic carbocycles. The summed E-state index contributed by atoms with van der Waals surface area (Å²) in [5.74, 6) is 0.527. The minimum atomic E-state index is 0.527. The zero-order chi connectivity index (χ0) is 21.0. The molecule has 0 radical (unpaired) electrons. The Morgan fingerprint density at radius 2 is 2.03 bits per heavy atom. The van der Waals surface area contributed by atoms with E-state index in [1.54, 1.807) is 0 Å². The van der Waals surface area contributed by atoms with Crippen LogP contribution in [0.3, 0.4) is 0 Å². The van der Waals surface area contributed by atoms with Gasteiger partial charge in [-0.15, -0.1) is 0 Å². The van der Waals surface area contributed by atoms with Crippen LogP contribution in [0.2, 0.25) is 0 Å². The Morgan fingerprint density at radius 1 is 1.24 bits per heavy atom. The molecular formula is C27H30N2. The van der Waals surface area contributed by atoms with Crippen LogP contribution in [0, 0.1) is 17.2 Å². The van der Waals surface area contributed by atoms with Gasteiger partial charge in [-0.25, -0.2) is 0 Å². The highest BCUT2D eigenvalue weighted by Crippen LogP contribution is 2.32. The van der Waals surface area contributed by atoms with Crippen LogP contribution in [0.25, 0.3) is 11.1 Å². The van der Waals surface area contributed by atoms with Gasteiger partial charge in [-0.3, -0.25) is 4.99 Å². The van der Waals surface area contributed by atoms with Crippen molar-refractivity contribution in [3.05, 3.63) is 82.4 Å². The summed E-state index contributed by atoms with van der Waals surface area (Å²) in [6, 6.07) is 15.0. The zero-order valence-electron chi connectivity index (χ0n) is 18.0. The van der Waals surface area contributed by atoms with Crippen LogP contribution in [0.1, 0.15) is 67.5 Å². The molecule has 0 N–H and O–H groups in total. The Bertz CT molecular complexity index is 1030.